The second-order valence-electron chi connectivity index (χ2n) is 5.53. The Bertz CT molecular complexity index is 524. The average Bonchev–Trinajstić information content (AvgIpc) is 3.06. The molecule has 1 aliphatic heterocycles. The van der Waals surface area contributed by atoms with Gasteiger partial charge in [-0.2, -0.15) is 0 Å². The van der Waals surface area contributed by atoms with E-state index in [4.69, 9.17) is 4.74 Å². The van der Waals surface area contributed by atoms with E-state index in [2.05, 4.69) is 22.3 Å². The summed E-state index contributed by atoms with van der Waals surface area (Å²) in [5, 5.41) is 2.63. The molecule has 1 aromatic carbocycles. The number of benzene rings is 1. The minimum atomic E-state index is -0.458. The Kier molecular flexibility index (Phi) is 6.26. The number of anilines is 2. The lowest BCUT2D eigenvalue weighted by Gasteiger charge is -2.23. The van der Waals surface area contributed by atoms with Crippen molar-refractivity contribution in [2.24, 2.45) is 0 Å². The molecule has 126 valence electrons. The molecular formula is C17H25N3O3. The van der Waals surface area contributed by atoms with Crippen LogP contribution in [0.4, 0.5) is 16.2 Å². The molecule has 0 aliphatic carbocycles. The largest absolute Gasteiger partial charge is 0.450 e. The van der Waals surface area contributed by atoms with E-state index in [1.165, 1.54) is 25.5 Å². The fourth-order valence-corrected chi connectivity index (χ4v) is 2.74. The third-order valence-electron chi connectivity index (χ3n) is 3.89. The minimum Gasteiger partial charge on any atom is -0.450 e. The second-order valence-corrected chi connectivity index (χ2v) is 5.53. The van der Waals surface area contributed by atoms with Gasteiger partial charge in [0.25, 0.3) is 0 Å². The lowest BCUT2D eigenvalue weighted by atomic mass is 10.2. The van der Waals surface area contributed by atoms with Gasteiger partial charge in [-0.05, 0) is 44.0 Å². The molecule has 0 radical (unpaired) electrons. The van der Waals surface area contributed by atoms with Crippen LogP contribution in [0, 0.1) is 0 Å². The molecule has 0 aromatic heterocycles. The first-order chi connectivity index (χ1) is 11.1. The van der Waals surface area contributed by atoms with Gasteiger partial charge in [0.05, 0.1) is 6.61 Å². The van der Waals surface area contributed by atoms with Crippen molar-refractivity contribution in [2.75, 3.05) is 42.6 Å². The lowest BCUT2D eigenvalue weighted by Crippen LogP contribution is -2.37. The maximum atomic E-state index is 11.9. The molecule has 0 spiro atoms. The van der Waals surface area contributed by atoms with Crippen LogP contribution in [0.5, 0.6) is 0 Å². The van der Waals surface area contributed by atoms with Crippen LogP contribution in [0.25, 0.3) is 0 Å². The molecule has 2 amide bonds. The van der Waals surface area contributed by atoms with E-state index < -0.39 is 6.09 Å². The molecule has 1 saturated heterocycles. The summed E-state index contributed by atoms with van der Waals surface area (Å²) in [7, 11) is 0. The molecule has 0 atom stereocenters. The predicted octanol–water partition coefficient (Wildman–Crippen LogP) is 2.39. The Labute approximate surface area is 137 Å². The van der Waals surface area contributed by atoms with Gasteiger partial charge in [0, 0.05) is 44.5 Å². The molecule has 1 fully saturated rings. The summed E-state index contributed by atoms with van der Waals surface area (Å²) in [6, 6.07) is 8.02. The fraction of sp³-hybridized carbons (Fsp3) is 0.529. The zero-order chi connectivity index (χ0) is 16.7. The van der Waals surface area contributed by atoms with Crippen molar-refractivity contribution >= 4 is 23.4 Å². The first-order valence-corrected chi connectivity index (χ1v) is 8.15. The second kappa shape index (κ2) is 8.41. The molecule has 2 rings (SSSR count). The molecular weight excluding hydrogens is 294 g/mol. The van der Waals surface area contributed by atoms with Crippen molar-refractivity contribution in [1.82, 2.24) is 5.32 Å². The van der Waals surface area contributed by atoms with Gasteiger partial charge in [0.15, 0.2) is 0 Å². The monoisotopic (exact) mass is 319 g/mol. The highest BCUT2D eigenvalue weighted by molar-refractivity contribution is 5.91. The van der Waals surface area contributed by atoms with Gasteiger partial charge < -0.3 is 19.9 Å². The SMILES string of the molecule is CCOC(=O)NCCN(C(C)=O)c1ccc(N2CCCC2)cc1. The van der Waals surface area contributed by atoms with Crippen LogP contribution in [0.1, 0.15) is 26.7 Å². The Hall–Kier alpha value is -2.24. The molecule has 0 unspecified atom stereocenters. The van der Waals surface area contributed by atoms with E-state index in [-0.39, 0.29) is 5.91 Å². The van der Waals surface area contributed by atoms with E-state index in [0.717, 1.165) is 18.8 Å². The summed E-state index contributed by atoms with van der Waals surface area (Å²) in [6.07, 6.45) is 2.02. The van der Waals surface area contributed by atoms with Crippen molar-refractivity contribution in [3.63, 3.8) is 0 Å². The molecule has 1 N–H and O–H groups in total. The zero-order valence-corrected chi connectivity index (χ0v) is 13.9. The number of amides is 2. The molecule has 6 heteroatoms. The third kappa shape index (κ3) is 4.87. The number of carbonyl (C=O) groups excluding carboxylic acids is 2. The molecule has 6 nitrogen and oxygen atoms in total. The minimum absolute atomic E-state index is 0.0513. The van der Waals surface area contributed by atoms with Gasteiger partial charge >= 0.3 is 6.09 Å². The molecule has 23 heavy (non-hydrogen) atoms. The Balaban J connectivity index is 1.94. The Morgan fingerprint density at radius 3 is 2.43 bits per heavy atom. The average molecular weight is 319 g/mol. The van der Waals surface area contributed by atoms with Crippen LogP contribution in [0.15, 0.2) is 24.3 Å². The van der Waals surface area contributed by atoms with Crippen LogP contribution in [0.2, 0.25) is 0 Å². The first-order valence-electron chi connectivity index (χ1n) is 8.15. The van der Waals surface area contributed by atoms with Gasteiger partial charge in [-0.15, -0.1) is 0 Å². The van der Waals surface area contributed by atoms with Crippen LogP contribution in [-0.2, 0) is 9.53 Å². The van der Waals surface area contributed by atoms with Gasteiger partial charge in [0.1, 0.15) is 0 Å². The maximum Gasteiger partial charge on any atom is 0.407 e. The molecule has 0 saturated carbocycles. The number of ether oxygens (including phenoxy) is 1. The molecule has 1 heterocycles. The van der Waals surface area contributed by atoms with Crippen molar-refractivity contribution in [3.05, 3.63) is 24.3 Å². The van der Waals surface area contributed by atoms with Crippen LogP contribution < -0.4 is 15.1 Å². The maximum absolute atomic E-state index is 11.9. The van der Waals surface area contributed by atoms with E-state index in [0.29, 0.717) is 19.7 Å². The molecule has 1 aliphatic rings. The van der Waals surface area contributed by atoms with Crippen LogP contribution >= 0.6 is 0 Å². The summed E-state index contributed by atoms with van der Waals surface area (Å²) >= 11 is 0. The topological polar surface area (TPSA) is 61.9 Å². The Morgan fingerprint density at radius 1 is 1.22 bits per heavy atom. The Morgan fingerprint density at radius 2 is 1.87 bits per heavy atom. The quantitative estimate of drug-likeness (QED) is 0.874. The van der Waals surface area contributed by atoms with E-state index >= 15 is 0 Å². The van der Waals surface area contributed by atoms with E-state index in [1.54, 1.807) is 11.8 Å². The predicted molar refractivity (Wildman–Crippen MR) is 90.9 cm³/mol. The van der Waals surface area contributed by atoms with Crippen LogP contribution in [0.3, 0.4) is 0 Å². The van der Waals surface area contributed by atoms with Crippen LogP contribution in [-0.4, -0.2) is 44.8 Å². The van der Waals surface area contributed by atoms with Crippen molar-refractivity contribution < 1.29 is 14.3 Å². The lowest BCUT2D eigenvalue weighted by molar-refractivity contribution is -0.116. The van der Waals surface area contributed by atoms with E-state index in [9.17, 15) is 9.59 Å². The summed E-state index contributed by atoms with van der Waals surface area (Å²) in [6.45, 7) is 6.57. The number of nitrogens with one attached hydrogen (secondary N) is 1. The highest BCUT2D eigenvalue weighted by Crippen LogP contribution is 2.23. The first kappa shape index (κ1) is 17.1. The molecule has 0 bridgehead atoms. The van der Waals surface area contributed by atoms with Gasteiger partial charge in [-0.3, -0.25) is 4.79 Å². The van der Waals surface area contributed by atoms with Crippen molar-refractivity contribution in [2.45, 2.75) is 26.7 Å². The number of nitrogens with zero attached hydrogens (tertiary/aromatic N) is 2. The van der Waals surface area contributed by atoms with Gasteiger partial charge in [0.2, 0.25) is 5.91 Å². The summed E-state index contributed by atoms with van der Waals surface area (Å²) < 4.78 is 4.80. The number of rotatable bonds is 6. The number of carbonyl (C=O) groups is 2. The third-order valence-corrected chi connectivity index (χ3v) is 3.89. The number of hydrogen-bond acceptors (Lipinski definition) is 4. The van der Waals surface area contributed by atoms with E-state index in [1.807, 2.05) is 12.1 Å². The van der Waals surface area contributed by atoms with Gasteiger partial charge in [-0.25, -0.2) is 4.79 Å². The smallest absolute Gasteiger partial charge is 0.407 e. The molecule has 1 aromatic rings. The summed E-state index contributed by atoms with van der Waals surface area (Å²) in [4.78, 5) is 27.1. The van der Waals surface area contributed by atoms with Crippen molar-refractivity contribution in [1.29, 1.82) is 0 Å². The normalized spacial score (nSPS) is 13.7. The number of hydrogen-bond donors (Lipinski definition) is 1. The highest BCUT2D eigenvalue weighted by Gasteiger charge is 2.15. The fourth-order valence-electron chi connectivity index (χ4n) is 2.74. The highest BCUT2D eigenvalue weighted by atomic mass is 16.5. The standard InChI is InChI=1S/C17H25N3O3/c1-3-23-17(22)18-10-13-20(14(2)21)16-8-6-15(7-9-16)19-11-4-5-12-19/h6-9H,3-5,10-13H2,1-2H3,(H,18,22). The van der Waals surface area contributed by atoms with Crippen molar-refractivity contribution in [3.8, 4) is 0 Å². The van der Waals surface area contributed by atoms with Gasteiger partial charge in [-0.1, -0.05) is 0 Å². The summed E-state index contributed by atoms with van der Waals surface area (Å²) in [5.41, 5.74) is 2.03. The summed E-state index contributed by atoms with van der Waals surface area (Å²) in [5.74, 6) is -0.0513. The number of alkyl carbamates (subject to hydrolysis) is 1. The zero-order valence-electron chi connectivity index (χ0n) is 13.9.